The number of nitrogens with one attached hydrogen (secondary N) is 1. The topological polar surface area (TPSA) is 239 Å². The molecule has 20 heteroatoms. The van der Waals surface area contributed by atoms with Crippen molar-refractivity contribution in [2.24, 2.45) is 0 Å². The lowest BCUT2D eigenvalue weighted by molar-refractivity contribution is -0.305. The van der Waals surface area contributed by atoms with Gasteiger partial charge in [-0.1, -0.05) is 53.7 Å². The van der Waals surface area contributed by atoms with Gasteiger partial charge in [-0.25, -0.2) is 9.48 Å². The lowest BCUT2D eigenvalue weighted by Crippen LogP contribution is -2.63. The number of hydrogen-bond acceptors (Lipinski definition) is 17. The summed E-state index contributed by atoms with van der Waals surface area (Å²) in [6.07, 6.45) is -5.65. The third kappa shape index (κ3) is 14.0. The molecule has 1 aromatic heterocycles. The normalized spacial score (nSPS) is 19.0. The van der Waals surface area contributed by atoms with Crippen LogP contribution in [0.25, 0.3) is 11.1 Å². The third-order valence-electron chi connectivity index (χ3n) is 9.83. The molecule has 64 heavy (non-hydrogen) atoms. The predicted octanol–water partition coefficient (Wildman–Crippen LogP) is 3.02. The molecule has 1 fully saturated rings. The minimum Gasteiger partial charge on any atom is -0.463 e. The van der Waals surface area contributed by atoms with Gasteiger partial charge in [-0.3, -0.25) is 28.8 Å². The van der Waals surface area contributed by atoms with Crippen molar-refractivity contribution in [2.75, 3.05) is 39.5 Å². The maximum absolute atomic E-state index is 13.5. The number of nitrogens with zero attached hydrogens (tertiary/aromatic N) is 4. The van der Waals surface area contributed by atoms with Crippen molar-refractivity contribution in [3.8, 4) is 11.1 Å². The number of carbonyl (C=O) groups excluding carboxylic acids is 7. The second kappa shape index (κ2) is 22.3. The Kier molecular flexibility index (Phi) is 16.9. The molecule has 20 nitrogen and oxygen atoms in total. The van der Waals surface area contributed by atoms with E-state index in [9.17, 15) is 33.6 Å². The average Bonchev–Trinajstić information content (AvgIpc) is 3.80. The van der Waals surface area contributed by atoms with Crippen LogP contribution in [0.5, 0.6) is 0 Å². The predicted molar refractivity (Wildman–Crippen MR) is 222 cm³/mol. The van der Waals surface area contributed by atoms with Gasteiger partial charge in [0.1, 0.15) is 31.5 Å². The van der Waals surface area contributed by atoms with Crippen LogP contribution in [0.15, 0.2) is 54.7 Å². The maximum atomic E-state index is 13.5. The van der Waals surface area contributed by atoms with Gasteiger partial charge in [0.25, 0.3) is 0 Å². The Labute approximate surface area is 370 Å². The first kappa shape index (κ1) is 48.6. The van der Waals surface area contributed by atoms with Crippen LogP contribution in [0.4, 0.5) is 4.79 Å². The number of fused-ring (bicyclic) bond motifs is 3. The summed E-state index contributed by atoms with van der Waals surface area (Å²) in [5, 5.41) is 10.9. The number of rotatable bonds is 19. The van der Waals surface area contributed by atoms with Gasteiger partial charge in [-0.05, 0) is 43.0 Å². The highest BCUT2D eigenvalue weighted by atomic mass is 16.7. The number of ether oxygens (including phenoxy) is 8. The van der Waals surface area contributed by atoms with Crippen LogP contribution in [0.2, 0.25) is 0 Å². The first-order chi connectivity index (χ1) is 30.4. The molecule has 1 N–H and O–H groups in total. The molecule has 346 valence electrons. The Hall–Kier alpha value is -6.41. The summed E-state index contributed by atoms with van der Waals surface area (Å²) in [6, 6.07) is 16.0. The van der Waals surface area contributed by atoms with E-state index < -0.39 is 84.8 Å². The number of amides is 2. The van der Waals surface area contributed by atoms with Crippen LogP contribution in [0, 0.1) is 0 Å². The maximum Gasteiger partial charge on any atom is 0.407 e. The standard InChI is InChI=1S/C44H55N5O15/c1-26(50)58-25-36-39(60-27(2)51)40(61-28(3)52)41(42(63-36)62-29(4)53)57-21-20-49-22-30(46-47-49)16-17-37(54)48(23-38(55)64-44(5,6)7)19-18-45-43(56)59-24-35-33-14-10-8-12-31(33)32-13-9-11-15-34(32)35/h8-15,22,35-36,39-42H,16-21,23-25H2,1-7H3,(H,45,56)/t36-,39+,40+,41-,42-/m1/s1. The number of aromatic nitrogens is 3. The van der Waals surface area contributed by atoms with Crippen LogP contribution in [-0.2, 0) is 79.6 Å². The first-order valence-corrected chi connectivity index (χ1v) is 20.8. The van der Waals surface area contributed by atoms with Crippen molar-refractivity contribution in [1.82, 2.24) is 25.2 Å². The molecule has 1 saturated heterocycles. The van der Waals surface area contributed by atoms with Gasteiger partial charge in [0.2, 0.25) is 12.2 Å². The van der Waals surface area contributed by atoms with Crippen molar-refractivity contribution in [2.45, 2.75) is 110 Å². The highest BCUT2D eigenvalue weighted by Gasteiger charge is 2.52. The van der Waals surface area contributed by atoms with E-state index in [1.807, 2.05) is 48.5 Å². The van der Waals surface area contributed by atoms with Crippen LogP contribution in [-0.4, -0.2) is 138 Å². The summed E-state index contributed by atoms with van der Waals surface area (Å²) in [6.45, 7) is 8.95. The van der Waals surface area contributed by atoms with Gasteiger partial charge in [0, 0.05) is 65.7 Å². The summed E-state index contributed by atoms with van der Waals surface area (Å²) in [5.41, 5.74) is 3.98. The van der Waals surface area contributed by atoms with E-state index >= 15 is 0 Å². The van der Waals surface area contributed by atoms with E-state index in [-0.39, 0.29) is 58.2 Å². The van der Waals surface area contributed by atoms with Crippen molar-refractivity contribution in [1.29, 1.82) is 0 Å². The Bertz CT molecular complexity index is 2110. The molecule has 0 saturated carbocycles. The zero-order valence-corrected chi connectivity index (χ0v) is 36.9. The number of esters is 5. The smallest absolute Gasteiger partial charge is 0.407 e. The van der Waals surface area contributed by atoms with Crippen LogP contribution >= 0.6 is 0 Å². The van der Waals surface area contributed by atoms with Crippen molar-refractivity contribution in [3.05, 3.63) is 71.5 Å². The van der Waals surface area contributed by atoms with Gasteiger partial charge in [-0.15, -0.1) is 5.10 Å². The van der Waals surface area contributed by atoms with E-state index in [1.165, 1.54) is 9.58 Å². The average molecular weight is 894 g/mol. The van der Waals surface area contributed by atoms with Crippen molar-refractivity contribution < 1.29 is 71.5 Å². The molecule has 1 aliphatic heterocycles. The van der Waals surface area contributed by atoms with Crippen molar-refractivity contribution in [3.63, 3.8) is 0 Å². The summed E-state index contributed by atoms with van der Waals surface area (Å²) in [7, 11) is 0. The minimum absolute atomic E-state index is 0.00146. The van der Waals surface area contributed by atoms with E-state index in [0.717, 1.165) is 49.9 Å². The molecule has 3 aromatic rings. The highest BCUT2D eigenvalue weighted by molar-refractivity contribution is 5.82. The molecule has 1 aliphatic carbocycles. The fourth-order valence-corrected chi connectivity index (χ4v) is 7.31. The van der Waals surface area contributed by atoms with Crippen LogP contribution in [0.1, 0.15) is 77.6 Å². The van der Waals surface area contributed by atoms with Gasteiger partial charge < -0.3 is 48.1 Å². The molecular formula is C44H55N5O15. The minimum atomic E-state index is -1.47. The van der Waals surface area contributed by atoms with Crippen molar-refractivity contribution >= 4 is 41.8 Å². The van der Waals surface area contributed by atoms with E-state index in [0.29, 0.717) is 5.69 Å². The SMILES string of the molecule is CC(=O)OC[C@H]1O[C@@H](OC(C)=O)[C@H](OCCn2cc(CCC(=O)N(CCNC(=O)OCC3c4ccccc4-c4ccccc43)CC(=O)OC(C)(C)C)nn2)[C@@H](OC(C)=O)[C@H]1OC(C)=O. The molecule has 0 bridgehead atoms. The summed E-state index contributed by atoms with van der Waals surface area (Å²) >= 11 is 0. The molecule has 2 heterocycles. The molecule has 0 spiro atoms. The van der Waals surface area contributed by atoms with Gasteiger partial charge in [0.15, 0.2) is 18.3 Å². The number of hydrogen-bond donors (Lipinski definition) is 1. The Morgan fingerprint density at radius 1 is 0.781 bits per heavy atom. The Morgan fingerprint density at radius 2 is 1.41 bits per heavy atom. The largest absolute Gasteiger partial charge is 0.463 e. The van der Waals surface area contributed by atoms with Crippen LogP contribution < -0.4 is 5.32 Å². The Balaban J connectivity index is 1.16. The molecule has 0 radical (unpaired) electrons. The summed E-state index contributed by atoms with van der Waals surface area (Å²) in [5.74, 6) is -4.10. The van der Waals surface area contributed by atoms with Gasteiger partial charge in [0.05, 0.1) is 18.8 Å². The quantitative estimate of drug-likeness (QED) is 0.134. The third-order valence-corrected chi connectivity index (χ3v) is 9.83. The number of alkyl carbamates (subject to hydrolysis) is 1. The molecule has 2 amide bonds. The molecule has 5 rings (SSSR count). The van der Waals surface area contributed by atoms with Crippen LogP contribution in [0.3, 0.4) is 0 Å². The lowest BCUT2D eigenvalue weighted by atomic mass is 9.98. The summed E-state index contributed by atoms with van der Waals surface area (Å²) < 4.78 is 45.7. The number of benzene rings is 2. The van der Waals surface area contributed by atoms with Gasteiger partial charge in [-0.2, -0.15) is 0 Å². The molecule has 5 atom stereocenters. The van der Waals surface area contributed by atoms with E-state index in [4.69, 9.17) is 37.9 Å². The van der Waals surface area contributed by atoms with Gasteiger partial charge >= 0.3 is 35.9 Å². The molecule has 0 unspecified atom stereocenters. The molecular weight excluding hydrogens is 839 g/mol. The fraction of sp³-hybridized carbons (Fsp3) is 0.523. The number of aryl methyl sites for hydroxylation is 1. The monoisotopic (exact) mass is 893 g/mol. The fourth-order valence-electron chi connectivity index (χ4n) is 7.31. The molecule has 2 aromatic carbocycles. The summed E-state index contributed by atoms with van der Waals surface area (Å²) in [4.78, 5) is 88.4. The van der Waals surface area contributed by atoms with E-state index in [1.54, 1.807) is 27.0 Å². The highest BCUT2D eigenvalue weighted by Crippen LogP contribution is 2.44. The zero-order valence-electron chi connectivity index (χ0n) is 36.9. The number of carbonyl (C=O) groups is 7. The lowest BCUT2D eigenvalue weighted by Gasteiger charge is -2.44. The second-order valence-electron chi connectivity index (χ2n) is 16.1. The second-order valence-corrected chi connectivity index (χ2v) is 16.1. The Morgan fingerprint density at radius 3 is 2.02 bits per heavy atom. The first-order valence-electron chi connectivity index (χ1n) is 20.8. The van der Waals surface area contributed by atoms with E-state index in [2.05, 4.69) is 15.6 Å². The molecule has 2 aliphatic rings. The zero-order chi connectivity index (χ0) is 46.6.